The van der Waals surface area contributed by atoms with Crippen LogP contribution >= 0.6 is 0 Å². The van der Waals surface area contributed by atoms with Crippen molar-refractivity contribution < 1.29 is 4.79 Å². The van der Waals surface area contributed by atoms with Crippen LogP contribution in [0.3, 0.4) is 0 Å². The van der Waals surface area contributed by atoms with Crippen LogP contribution in [-0.4, -0.2) is 22.0 Å². The zero-order valence-corrected chi connectivity index (χ0v) is 15.6. The van der Waals surface area contributed by atoms with Crippen molar-refractivity contribution in [1.82, 2.24) is 9.47 Å². The SMILES string of the molecule is CCc1ccc(NC(=O)N2CCn3cccc3[C@H]2Cc2ccccc2)cc1. The normalized spacial score (nSPS) is 16.0. The van der Waals surface area contributed by atoms with E-state index in [9.17, 15) is 4.79 Å². The molecule has 2 heterocycles. The topological polar surface area (TPSA) is 37.3 Å². The molecular weight excluding hydrogens is 334 g/mol. The van der Waals surface area contributed by atoms with Crippen LogP contribution in [0.2, 0.25) is 0 Å². The van der Waals surface area contributed by atoms with Crippen molar-refractivity contribution in [3.05, 3.63) is 89.7 Å². The summed E-state index contributed by atoms with van der Waals surface area (Å²) in [6, 6.07) is 22.7. The molecule has 0 saturated carbocycles. The van der Waals surface area contributed by atoms with E-state index in [0.717, 1.165) is 25.1 Å². The number of anilines is 1. The average molecular weight is 359 g/mol. The summed E-state index contributed by atoms with van der Waals surface area (Å²) in [6.45, 7) is 3.67. The van der Waals surface area contributed by atoms with Crippen LogP contribution in [0.5, 0.6) is 0 Å². The van der Waals surface area contributed by atoms with Gasteiger partial charge < -0.3 is 14.8 Å². The molecule has 138 valence electrons. The van der Waals surface area contributed by atoms with Crippen molar-refractivity contribution in [3.63, 3.8) is 0 Å². The molecule has 2 aromatic carbocycles. The minimum absolute atomic E-state index is 0.0334. The van der Waals surface area contributed by atoms with Gasteiger partial charge >= 0.3 is 6.03 Å². The number of amides is 2. The van der Waals surface area contributed by atoms with Gasteiger partial charge in [0.2, 0.25) is 0 Å². The lowest BCUT2D eigenvalue weighted by atomic mass is 10.0. The minimum Gasteiger partial charge on any atom is -0.348 e. The predicted octanol–water partition coefficient (Wildman–Crippen LogP) is 4.88. The monoisotopic (exact) mass is 359 g/mol. The fourth-order valence-corrected chi connectivity index (χ4v) is 3.78. The zero-order valence-electron chi connectivity index (χ0n) is 15.6. The van der Waals surface area contributed by atoms with Crippen LogP contribution in [0.1, 0.15) is 29.8 Å². The molecule has 4 rings (SSSR count). The average Bonchev–Trinajstić information content (AvgIpc) is 3.19. The second-order valence-electron chi connectivity index (χ2n) is 7.01. The number of benzene rings is 2. The smallest absolute Gasteiger partial charge is 0.322 e. The summed E-state index contributed by atoms with van der Waals surface area (Å²) in [5, 5.41) is 3.08. The van der Waals surface area contributed by atoms with Crippen LogP contribution in [0, 0.1) is 0 Å². The van der Waals surface area contributed by atoms with E-state index in [1.54, 1.807) is 0 Å². The Hall–Kier alpha value is -3.01. The number of hydrogen-bond acceptors (Lipinski definition) is 1. The van der Waals surface area contributed by atoms with Gasteiger partial charge in [0.15, 0.2) is 0 Å². The number of hydrogen-bond donors (Lipinski definition) is 1. The number of urea groups is 1. The molecule has 4 heteroatoms. The van der Waals surface area contributed by atoms with Crippen LogP contribution in [0.4, 0.5) is 10.5 Å². The summed E-state index contributed by atoms with van der Waals surface area (Å²) in [7, 11) is 0. The third-order valence-electron chi connectivity index (χ3n) is 5.31. The van der Waals surface area contributed by atoms with E-state index >= 15 is 0 Å². The molecular formula is C23H25N3O. The first-order chi connectivity index (χ1) is 13.2. The molecule has 1 aliphatic heterocycles. The molecule has 0 spiro atoms. The van der Waals surface area contributed by atoms with E-state index in [2.05, 4.69) is 71.5 Å². The number of rotatable bonds is 4. The fourth-order valence-electron chi connectivity index (χ4n) is 3.78. The van der Waals surface area contributed by atoms with E-state index in [0.29, 0.717) is 6.54 Å². The lowest BCUT2D eigenvalue weighted by molar-refractivity contribution is 0.167. The maximum Gasteiger partial charge on any atom is 0.322 e. The molecule has 0 radical (unpaired) electrons. The van der Waals surface area contributed by atoms with Gasteiger partial charge in [-0.2, -0.15) is 0 Å². The Morgan fingerprint density at radius 1 is 0.963 bits per heavy atom. The van der Waals surface area contributed by atoms with Crippen LogP contribution < -0.4 is 5.32 Å². The van der Waals surface area contributed by atoms with E-state index in [1.165, 1.54) is 16.8 Å². The molecule has 0 bridgehead atoms. The Balaban J connectivity index is 1.56. The fraction of sp³-hybridized carbons (Fsp3) is 0.261. The number of carbonyl (C=O) groups is 1. The lowest BCUT2D eigenvalue weighted by Crippen LogP contribution is -2.44. The molecule has 0 saturated heterocycles. The summed E-state index contributed by atoms with van der Waals surface area (Å²) >= 11 is 0. The highest BCUT2D eigenvalue weighted by atomic mass is 16.2. The number of fused-ring (bicyclic) bond motifs is 1. The third-order valence-corrected chi connectivity index (χ3v) is 5.31. The Morgan fingerprint density at radius 3 is 2.48 bits per heavy atom. The highest BCUT2D eigenvalue weighted by Gasteiger charge is 2.31. The van der Waals surface area contributed by atoms with Gasteiger partial charge in [-0.3, -0.25) is 0 Å². The lowest BCUT2D eigenvalue weighted by Gasteiger charge is -2.37. The molecule has 0 fully saturated rings. The van der Waals surface area contributed by atoms with Gasteiger partial charge in [0.05, 0.1) is 6.04 Å². The van der Waals surface area contributed by atoms with E-state index in [-0.39, 0.29) is 12.1 Å². The number of aryl methyl sites for hydroxylation is 1. The third kappa shape index (κ3) is 3.75. The molecule has 1 N–H and O–H groups in total. The van der Waals surface area contributed by atoms with Gasteiger partial charge in [-0.1, -0.05) is 49.4 Å². The maximum absolute atomic E-state index is 13.1. The van der Waals surface area contributed by atoms with E-state index in [4.69, 9.17) is 0 Å². The first-order valence-corrected chi connectivity index (χ1v) is 9.60. The molecule has 1 aliphatic rings. The molecule has 0 aliphatic carbocycles. The van der Waals surface area contributed by atoms with Gasteiger partial charge in [-0.25, -0.2) is 4.79 Å². The molecule has 27 heavy (non-hydrogen) atoms. The van der Waals surface area contributed by atoms with Crippen molar-refractivity contribution in [1.29, 1.82) is 0 Å². The second-order valence-corrected chi connectivity index (χ2v) is 7.01. The number of carbonyl (C=O) groups excluding carboxylic acids is 1. The second kappa shape index (κ2) is 7.70. The molecule has 1 atom stereocenters. The maximum atomic E-state index is 13.1. The van der Waals surface area contributed by atoms with Crippen molar-refractivity contribution in [2.24, 2.45) is 0 Å². The van der Waals surface area contributed by atoms with Crippen molar-refractivity contribution >= 4 is 11.7 Å². The summed E-state index contributed by atoms with van der Waals surface area (Å²) < 4.78 is 2.26. The largest absolute Gasteiger partial charge is 0.348 e. The molecule has 1 aromatic heterocycles. The van der Waals surface area contributed by atoms with Crippen molar-refractivity contribution in [3.8, 4) is 0 Å². The summed E-state index contributed by atoms with van der Waals surface area (Å²) in [5.74, 6) is 0. The van der Waals surface area contributed by atoms with Gasteiger partial charge in [-0.05, 0) is 48.2 Å². The molecule has 0 unspecified atom stereocenters. The number of nitrogens with zero attached hydrogens (tertiary/aromatic N) is 2. The first-order valence-electron chi connectivity index (χ1n) is 9.60. The Morgan fingerprint density at radius 2 is 1.74 bits per heavy atom. The molecule has 4 nitrogen and oxygen atoms in total. The Kier molecular flexibility index (Phi) is 4.97. The van der Waals surface area contributed by atoms with Crippen molar-refractivity contribution in [2.45, 2.75) is 32.4 Å². The van der Waals surface area contributed by atoms with Gasteiger partial charge in [0.1, 0.15) is 0 Å². The predicted molar refractivity (Wildman–Crippen MR) is 109 cm³/mol. The number of aromatic nitrogens is 1. The van der Waals surface area contributed by atoms with Crippen molar-refractivity contribution in [2.75, 3.05) is 11.9 Å². The summed E-state index contributed by atoms with van der Waals surface area (Å²) in [6.07, 6.45) is 3.91. The van der Waals surface area contributed by atoms with Crippen LogP contribution in [0.15, 0.2) is 72.9 Å². The van der Waals surface area contributed by atoms with E-state index in [1.807, 2.05) is 23.1 Å². The standard InChI is InChI=1S/C23H25N3O/c1-2-18-10-12-20(13-11-18)24-23(27)26-16-15-25-14-6-9-21(25)22(26)17-19-7-4-3-5-8-19/h3-14,22H,2,15-17H2,1H3,(H,24,27)/t22-/m1/s1. The van der Waals surface area contributed by atoms with Gasteiger partial charge in [-0.15, -0.1) is 0 Å². The minimum atomic E-state index is -0.0346. The molecule has 3 aromatic rings. The van der Waals surface area contributed by atoms with Crippen LogP contribution in [0.25, 0.3) is 0 Å². The highest BCUT2D eigenvalue weighted by Crippen LogP contribution is 2.30. The van der Waals surface area contributed by atoms with E-state index < -0.39 is 0 Å². The van der Waals surface area contributed by atoms with Gasteiger partial charge in [0.25, 0.3) is 0 Å². The van der Waals surface area contributed by atoms with Crippen LogP contribution in [-0.2, 0) is 19.4 Å². The number of nitrogens with one attached hydrogen (secondary N) is 1. The summed E-state index contributed by atoms with van der Waals surface area (Å²) in [5.41, 5.74) is 4.55. The first kappa shape index (κ1) is 17.4. The highest BCUT2D eigenvalue weighted by molar-refractivity contribution is 5.89. The molecule has 2 amide bonds. The Bertz CT molecular complexity index is 899. The quantitative estimate of drug-likeness (QED) is 0.708. The van der Waals surface area contributed by atoms with Gasteiger partial charge in [0, 0.05) is 30.7 Å². The Labute approximate surface area is 160 Å². The zero-order chi connectivity index (χ0) is 18.6. The summed E-state index contributed by atoms with van der Waals surface area (Å²) in [4.78, 5) is 15.0.